The molecule has 0 saturated heterocycles. The quantitative estimate of drug-likeness (QED) is 0.858. The lowest BCUT2D eigenvalue weighted by molar-refractivity contribution is 0.0693. The molecular formula is C21H18O5. The zero-order valence-electron chi connectivity index (χ0n) is 14.7. The molecule has 5 nitrogen and oxygen atoms in total. The number of carboxylic acids is 1. The molecule has 0 fully saturated rings. The lowest BCUT2D eigenvalue weighted by atomic mass is 9.80. The first-order valence-electron chi connectivity index (χ1n) is 8.12. The summed E-state index contributed by atoms with van der Waals surface area (Å²) in [4.78, 5) is 36.8. The molecule has 0 heterocycles. The van der Waals surface area contributed by atoms with Crippen LogP contribution >= 0.6 is 0 Å². The van der Waals surface area contributed by atoms with E-state index < -0.39 is 11.4 Å². The van der Waals surface area contributed by atoms with E-state index in [9.17, 15) is 24.6 Å². The van der Waals surface area contributed by atoms with Gasteiger partial charge in [0.15, 0.2) is 11.6 Å². The van der Waals surface area contributed by atoms with Gasteiger partial charge in [0.2, 0.25) is 0 Å². The van der Waals surface area contributed by atoms with Gasteiger partial charge in [-0.1, -0.05) is 45.0 Å². The molecule has 0 radical (unpaired) electrons. The summed E-state index contributed by atoms with van der Waals surface area (Å²) in [7, 11) is 0. The van der Waals surface area contributed by atoms with Crippen molar-refractivity contribution in [3.05, 3.63) is 70.3 Å². The smallest absolute Gasteiger partial charge is 0.339 e. The average Bonchev–Trinajstić information content (AvgIpc) is 2.57. The van der Waals surface area contributed by atoms with Crippen LogP contribution in [0.25, 0.3) is 5.57 Å². The van der Waals surface area contributed by atoms with Crippen molar-refractivity contribution in [2.45, 2.75) is 26.2 Å². The van der Waals surface area contributed by atoms with Crippen LogP contribution < -0.4 is 0 Å². The highest BCUT2D eigenvalue weighted by atomic mass is 16.4. The predicted octanol–water partition coefficient (Wildman–Crippen LogP) is 3.85. The summed E-state index contributed by atoms with van der Waals surface area (Å²) >= 11 is 0. The minimum atomic E-state index is -1.30. The molecule has 0 bridgehead atoms. The Bertz CT molecular complexity index is 990. The number of allylic oxidation sites excluding steroid dienone is 2. The van der Waals surface area contributed by atoms with Crippen LogP contribution in [0, 0.1) is 0 Å². The third-order valence-electron chi connectivity index (χ3n) is 4.42. The monoisotopic (exact) mass is 350 g/mol. The highest BCUT2D eigenvalue weighted by Crippen LogP contribution is 2.37. The van der Waals surface area contributed by atoms with Gasteiger partial charge in [0.1, 0.15) is 11.3 Å². The molecule has 132 valence electrons. The Labute approximate surface area is 150 Å². The molecule has 0 unspecified atom stereocenters. The lowest BCUT2D eigenvalue weighted by Gasteiger charge is -2.23. The Hall–Kier alpha value is -3.21. The number of rotatable bonds is 2. The van der Waals surface area contributed by atoms with Crippen molar-refractivity contribution in [1.29, 1.82) is 0 Å². The van der Waals surface area contributed by atoms with E-state index >= 15 is 0 Å². The summed E-state index contributed by atoms with van der Waals surface area (Å²) < 4.78 is 0. The molecule has 5 heteroatoms. The number of aromatic carboxylic acids is 1. The second kappa shape index (κ2) is 5.95. The van der Waals surface area contributed by atoms with E-state index in [0.29, 0.717) is 16.7 Å². The second-order valence-electron chi connectivity index (χ2n) is 7.27. The molecule has 2 N–H and O–H groups in total. The van der Waals surface area contributed by atoms with Gasteiger partial charge in [-0.25, -0.2) is 4.79 Å². The van der Waals surface area contributed by atoms with Crippen molar-refractivity contribution in [1.82, 2.24) is 0 Å². The van der Waals surface area contributed by atoms with Gasteiger partial charge in [0.25, 0.3) is 0 Å². The Morgan fingerprint density at radius 2 is 1.62 bits per heavy atom. The number of hydrogen-bond acceptors (Lipinski definition) is 4. The van der Waals surface area contributed by atoms with E-state index in [1.54, 1.807) is 30.3 Å². The fourth-order valence-electron chi connectivity index (χ4n) is 3.05. The topological polar surface area (TPSA) is 91.7 Å². The minimum absolute atomic E-state index is 0.127. The van der Waals surface area contributed by atoms with Crippen LogP contribution in [0.3, 0.4) is 0 Å². The molecule has 0 aromatic heterocycles. The fourth-order valence-corrected chi connectivity index (χ4v) is 3.05. The van der Waals surface area contributed by atoms with E-state index in [2.05, 4.69) is 0 Å². The van der Waals surface area contributed by atoms with Gasteiger partial charge in [-0.05, 0) is 29.2 Å². The minimum Gasteiger partial charge on any atom is -0.507 e. The molecule has 1 aliphatic rings. The number of benzene rings is 2. The van der Waals surface area contributed by atoms with E-state index in [-0.39, 0.29) is 34.0 Å². The van der Waals surface area contributed by atoms with Crippen molar-refractivity contribution in [2.24, 2.45) is 0 Å². The molecule has 0 amide bonds. The maximum Gasteiger partial charge on any atom is 0.339 e. The molecule has 0 atom stereocenters. The van der Waals surface area contributed by atoms with Gasteiger partial charge in [0, 0.05) is 22.3 Å². The SMILES string of the molecule is CC(C)(C)c1cc(C2=CC(=O)c3ccccc3C2=O)cc(C(=O)O)c1O. The molecule has 26 heavy (non-hydrogen) atoms. The third-order valence-corrected chi connectivity index (χ3v) is 4.42. The van der Waals surface area contributed by atoms with Crippen LogP contribution in [-0.4, -0.2) is 27.7 Å². The zero-order chi connectivity index (χ0) is 19.2. The predicted molar refractivity (Wildman–Crippen MR) is 96.8 cm³/mol. The first kappa shape index (κ1) is 17.6. The van der Waals surface area contributed by atoms with Gasteiger partial charge < -0.3 is 10.2 Å². The summed E-state index contributed by atoms with van der Waals surface area (Å²) in [5.74, 6) is -2.28. The van der Waals surface area contributed by atoms with Crippen molar-refractivity contribution < 1.29 is 24.6 Å². The molecule has 1 aliphatic carbocycles. The van der Waals surface area contributed by atoms with Gasteiger partial charge >= 0.3 is 5.97 Å². The molecular weight excluding hydrogens is 332 g/mol. The van der Waals surface area contributed by atoms with Crippen LogP contribution in [0.1, 0.15) is 63.0 Å². The van der Waals surface area contributed by atoms with Gasteiger partial charge in [-0.15, -0.1) is 0 Å². The van der Waals surface area contributed by atoms with Gasteiger partial charge in [-0.3, -0.25) is 9.59 Å². The Balaban J connectivity index is 2.25. The van der Waals surface area contributed by atoms with E-state index in [0.717, 1.165) is 0 Å². The summed E-state index contributed by atoms with van der Waals surface area (Å²) in [5.41, 5.74) is 0.594. The van der Waals surface area contributed by atoms with Gasteiger partial charge in [-0.2, -0.15) is 0 Å². The number of Topliss-reactive ketones (excluding diaryl/α,β-unsaturated/α-hetero) is 1. The van der Waals surface area contributed by atoms with Crippen molar-refractivity contribution in [2.75, 3.05) is 0 Å². The third kappa shape index (κ3) is 2.81. The Morgan fingerprint density at radius 1 is 1.00 bits per heavy atom. The number of carboxylic acid groups (broad SMARTS) is 1. The normalized spacial score (nSPS) is 14.0. The summed E-state index contributed by atoms with van der Waals surface area (Å²) in [5, 5.41) is 19.8. The van der Waals surface area contributed by atoms with Crippen LogP contribution in [-0.2, 0) is 5.41 Å². The van der Waals surface area contributed by atoms with Crippen molar-refractivity contribution >= 4 is 23.1 Å². The molecule has 0 aliphatic heterocycles. The highest BCUT2D eigenvalue weighted by molar-refractivity contribution is 6.38. The Morgan fingerprint density at radius 3 is 2.19 bits per heavy atom. The van der Waals surface area contributed by atoms with Crippen LogP contribution in [0.5, 0.6) is 5.75 Å². The van der Waals surface area contributed by atoms with Crippen LogP contribution in [0.15, 0.2) is 42.5 Å². The lowest BCUT2D eigenvalue weighted by Crippen LogP contribution is -2.18. The van der Waals surface area contributed by atoms with Crippen LogP contribution in [0.2, 0.25) is 0 Å². The zero-order valence-corrected chi connectivity index (χ0v) is 14.7. The van der Waals surface area contributed by atoms with Gasteiger partial charge in [0.05, 0.1) is 0 Å². The average molecular weight is 350 g/mol. The first-order valence-corrected chi connectivity index (χ1v) is 8.12. The number of carbonyl (C=O) groups excluding carboxylic acids is 2. The Kier molecular flexibility index (Phi) is 4.03. The summed E-state index contributed by atoms with van der Waals surface area (Å²) in [6.07, 6.45) is 1.23. The number of fused-ring (bicyclic) bond motifs is 1. The molecule has 0 saturated carbocycles. The number of phenols is 1. The first-order chi connectivity index (χ1) is 12.1. The van der Waals surface area contributed by atoms with Crippen molar-refractivity contribution in [3.63, 3.8) is 0 Å². The van der Waals surface area contributed by atoms with Crippen LogP contribution in [0.4, 0.5) is 0 Å². The second-order valence-corrected chi connectivity index (χ2v) is 7.27. The van der Waals surface area contributed by atoms with E-state index in [1.165, 1.54) is 12.1 Å². The maximum absolute atomic E-state index is 12.9. The number of hydrogen-bond donors (Lipinski definition) is 2. The molecule has 2 aromatic carbocycles. The highest BCUT2D eigenvalue weighted by Gasteiger charge is 2.29. The molecule has 2 aromatic rings. The fraction of sp³-hybridized carbons (Fsp3) is 0.190. The number of ketones is 2. The number of aromatic hydroxyl groups is 1. The molecule has 0 spiro atoms. The summed E-state index contributed by atoms with van der Waals surface area (Å²) in [6.45, 7) is 5.49. The maximum atomic E-state index is 12.9. The van der Waals surface area contributed by atoms with Crippen molar-refractivity contribution in [3.8, 4) is 5.75 Å². The number of carbonyl (C=O) groups is 3. The summed E-state index contributed by atoms with van der Waals surface area (Å²) in [6, 6.07) is 9.33. The molecule has 3 rings (SSSR count). The van der Waals surface area contributed by atoms with E-state index in [1.807, 2.05) is 20.8 Å². The largest absolute Gasteiger partial charge is 0.507 e. The standard InChI is InChI=1S/C21H18O5/c1-21(2,3)16-9-11(8-15(19(16)24)20(25)26)14-10-17(22)12-6-4-5-7-13(12)18(14)23/h4-10,24H,1-3H3,(H,25,26). The van der Waals surface area contributed by atoms with E-state index in [4.69, 9.17) is 0 Å².